The van der Waals surface area contributed by atoms with Crippen LogP contribution in [0.1, 0.15) is 10.5 Å². The molecule has 5 nitrogen and oxygen atoms in total. The molecule has 1 fully saturated rings. The van der Waals surface area contributed by atoms with Crippen molar-refractivity contribution in [3.05, 3.63) is 24.0 Å². The van der Waals surface area contributed by atoms with E-state index in [0.29, 0.717) is 0 Å². The maximum absolute atomic E-state index is 10.5. The van der Waals surface area contributed by atoms with Gasteiger partial charge in [0.15, 0.2) is 0 Å². The molecule has 5 heteroatoms. The van der Waals surface area contributed by atoms with Gasteiger partial charge >= 0.3 is 5.97 Å². The molecule has 0 atom stereocenters. The van der Waals surface area contributed by atoms with Crippen molar-refractivity contribution in [3.63, 3.8) is 0 Å². The van der Waals surface area contributed by atoms with Gasteiger partial charge in [0.2, 0.25) is 0 Å². The Kier molecular flexibility index (Phi) is 2.09. The van der Waals surface area contributed by atoms with Gasteiger partial charge in [-0.3, -0.25) is 0 Å². The topological polar surface area (TPSA) is 79.5 Å². The number of rotatable bonds is 2. The van der Waals surface area contributed by atoms with Gasteiger partial charge in [0.25, 0.3) is 0 Å². The minimum absolute atomic E-state index is 0.0681. The molecule has 0 bridgehead atoms. The monoisotopic (exact) mass is 193 g/mol. The third-order valence-electron chi connectivity index (χ3n) is 2.24. The molecule has 0 unspecified atom stereocenters. The van der Waals surface area contributed by atoms with E-state index in [0.717, 1.165) is 18.8 Å². The standard InChI is InChI=1S/C9H11N3O2/c10-6-4-12(5-6)7-1-2-8(9(13)14)11-3-7/h1-3,6H,4-5,10H2,(H,13,14). The number of carboxylic acid groups (broad SMARTS) is 1. The zero-order chi connectivity index (χ0) is 10.1. The molecule has 1 saturated heterocycles. The quantitative estimate of drug-likeness (QED) is 0.687. The van der Waals surface area contributed by atoms with Gasteiger partial charge in [0.1, 0.15) is 5.69 Å². The number of nitrogens with zero attached hydrogens (tertiary/aromatic N) is 2. The predicted molar refractivity (Wildman–Crippen MR) is 51.4 cm³/mol. The van der Waals surface area contributed by atoms with E-state index in [1.165, 1.54) is 6.07 Å². The number of carboxylic acids is 1. The second-order valence-corrected chi connectivity index (χ2v) is 3.37. The first-order chi connectivity index (χ1) is 6.66. The summed E-state index contributed by atoms with van der Waals surface area (Å²) in [6.45, 7) is 1.63. The lowest BCUT2D eigenvalue weighted by atomic mass is 10.1. The molecule has 0 saturated carbocycles. The summed E-state index contributed by atoms with van der Waals surface area (Å²) >= 11 is 0. The van der Waals surface area contributed by atoms with Crippen LogP contribution in [0.4, 0.5) is 5.69 Å². The van der Waals surface area contributed by atoms with Gasteiger partial charge < -0.3 is 15.7 Å². The van der Waals surface area contributed by atoms with Crippen molar-refractivity contribution >= 4 is 11.7 Å². The molecule has 1 aromatic heterocycles. The third-order valence-corrected chi connectivity index (χ3v) is 2.24. The van der Waals surface area contributed by atoms with Crippen molar-refractivity contribution in [1.29, 1.82) is 0 Å². The SMILES string of the molecule is NC1CN(c2ccc(C(=O)O)nc2)C1. The van der Waals surface area contributed by atoms with Crippen molar-refractivity contribution in [2.24, 2.45) is 5.73 Å². The average Bonchev–Trinajstić information content (AvgIpc) is 2.13. The van der Waals surface area contributed by atoms with Crippen molar-refractivity contribution in [2.75, 3.05) is 18.0 Å². The van der Waals surface area contributed by atoms with Gasteiger partial charge in [-0.25, -0.2) is 9.78 Å². The van der Waals surface area contributed by atoms with E-state index in [4.69, 9.17) is 10.8 Å². The predicted octanol–water partition coefficient (Wildman–Crippen LogP) is -0.0729. The Balaban J connectivity index is 2.10. The summed E-state index contributed by atoms with van der Waals surface area (Å²) < 4.78 is 0. The Morgan fingerprint density at radius 2 is 2.29 bits per heavy atom. The largest absolute Gasteiger partial charge is 0.477 e. The minimum Gasteiger partial charge on any atom is -0.477 e. The highest BCUT2D eigenvalue weighted by Crippen LogP contribution is 2.18. The number of aromatic nitrogens is 1. The summed E-state index contributed by atoms with van der Waals surface area (Å²) in [5.74, 6) is -1.00. The van der Waals surface area contributed by atoms with E-state index in [2.05, 4.69) is 9.88 Å². The molecule has 0 spiro atoms. The fraction of sp³-hybridized carbons (Fsp3) is 0.333. The molecule has 3 N–H and O–H groups in total. The highest BCUT2D eigenvalue weighted by atomic mass is 16.4. The molecular weight excluding hydrogens is 182 g/mol. The summed E-state index contributed by atoms with van der Waals surface area (Å²) in [5, 5.41) is 8.63. The molecular formula is C9H11N3O2. The number of nitrogens with two attached hydrogens (primary N) is 1. The average molecular weight is 193 g/mol. The molecule has 1 aromatic rings. The van der Waals surface area contributed by atoms with Crippen LogP contribution in [-0.4, -0.2) is 35.2 Å². The van der Waals surface area contributed by atoms with Crippen LogP contribution in [0.2, 0.25) is 0 Å². The Morgan fingerprint density at radius 3 is 2.71 bits per heavy atom. The highest BCUT2D eigenvalue weighted by molar-refractivity contribution is 5.85. The fourth-order valence-electron chi connectivity index (χ4n) is 1.42. The number of carbonyl (C=O) groups is 1. The number of hydrogen-bond acceptors (Lipinski definition) is 4. The smallest absolute Gasteiger partial charge is 0.354 e. The zero-order valence-electron chi connectivity index (χ0n) is 7.55. The van der Waals surface area contributed by atoms with Crippen molar-refractivity contribution < 1.29 is 9.90 Å². The van der Waals surface area contributed by atoms with Gasteiger partial charge in [-0.2, -0.15) is 0 Å². The molecule has 0 amide bonds. The van der Waals surface area contributed by atoms with Crippen LogP contribution in [0.3, 0.4) is 0 Å². The van der Waals surface area contributed by atoms with Crippen LogP contribution in [0.5, 0.6) is 0 Å². The molecule has 1 aliphatic rings. The van der Waals surface area contributed by atoms with E-state index in [1.54, 1.807) is 12.3 Å². The van der Waals surface area contributed by atoms with Crippen LogP contribution >= 0.6 is 0 Å². The summed E-state index contributed by atoms with van der Waals surface area (Å²) in [5.41, 5.74) is 6.62. The summed E-state index contributed by atoms with van der Waals surface area (Å²) in [6, 6.07) is 3.48. The van der Waals surface area contributed by atoms with Gasteiger partial charge in [0, 0.05) is 19.1 Å². The van der Waals surface area contributed by atoms with E-state index in [9.17, 15) is 4.79 Å². The molecule has 2 heterocycles. The van der Waals surface area contributed by atoms with Crippen LogP contribution in [-0.2, 0) is 0 Å². The van der Waals surface area contributed by atoms with E-state index in [1.807, 2.05) is 0 Å². The normalized spacial score (nSPS) is 16.5. The first-order valence-electron chi connectivity index (χ1n) is 4.36. The minimum atomic E-state index is -1.00. The second kappa shape index (κ2) is 3.26. The number of pyridine rings is 1. The summed E-state index contributed by atoms with van der Waals surface area (Å²) in [7, 11) is 0. The first-order valence-corrected chi connectivity index (χ1v) is 4.36. The van der Waals surface area contributed by atoms with E-state index >= 15 is 0 Å². The lowest BCUT2D eigenvalue weighted by molar-refractivity contribution is 0.0690. The number of anilines is 1. The van der Waals surface area contributed by atoms with E-state index in [-0.39, 0.29) is 11.7 Å². The maximum atomic E-state index is 10.5. The summed E-state index contributed by atoms with van der Waals surface area (Å²) in [6.07, 6.45) is 1.56. The lowest BCUT2D eigenvalue weighted by Gasteiger charge is -2.38. The van der Waals surface area contributed by atoms with Gasteiger partial charge in [0.05, 0.1) is 11.9 Å². The Labute approximate surface area is 81.2 Å². The fourth-order valence-corrected chi connectivity index (χ4v) is 1.42. The molecule has 0 aromatic carbocycles. The van der Waals surface area contributed by atoms with Crippen molar-refractivity contribution in [1.82, 2.24) is 4.98 Å². The van der Waals surface area contributed by atoms with Gasteiger partial charge in [-0.15, -0.1) is 0 Å². The van der Waals surface area contributed by atoms with Crippen LogP contribution in [0.15, 0.2) is 18.3 Å². The van der Waals surface area contributed by atoms with Crippen molar-refractivity contribution in [3.8, 4) is 0 Å². The first kappa shape index (κ1) is 8.96. The Morgan fingerprint density at radius 1 is 1.57 bits per heavy atom. The Hall–Kier alpha value is -1.62. The van der Waals surface area contributed by atoms with Gasteiger partial charge in [-0.1, -0.05) is 0 Å². The van der Waals surface area contributed by atoms with E-state index < -0.39 is 5.97 Å². The van der Waals surface area contributed by atoms with Crippen LogP contribution < -0.4 is 10.6 Å². The number of aromatic carboxylic acids is 1. The summed E-state index contributed by atoms with van der Waals surface area (Å²) in [4.78, 5) is 16.4. The highest BCUT2D eigenvalue weighted by Gasteiger charge is 2.23. The van der Waals surface area contributed by atoms with Crippen LogP contribution in [0.25, 0.3) is 0 Å². The molecule has 1 aliphatic heterocycles. The molecule has 74 valence electrons. The van der Waals surface area contributed by atoms with Crippen LogP contribution in [0, 0.1) is 0 Å². The number of hydrogen-bond donors (Lipinski definition) is 2. The zero-order valence-corrected chi connectivity index (χ0v) is 7.55. The molecule has 0 radical (unpaired) electrons. The maximum Gasteiger partial charge on any atom is 0.354 e. The lowest BCUT2D eigenvalue weighted by Crippen LogP contribution is -2.55. The second-order valence-electron chi connectivity index (χ2n) is 3.37. The third kappa shape index (κ3) is 1.54. The molecule has 0 aliphatic carbocycles. The Bertz CT molecular complexity index is 344. The van der Waals surface area contributed by atoms with Gasteiger partial charge in [-0.05, 0) is 12.1 Å². The van der Waals surface area contributed by atoms with Crippen molar-refractivity contribution in [2.45, 2.75) is 6.04 Å². The molecule has 2 rings (SSSR count). The molecule has 14 heavy (non-hydrogen) atoms.